The number of anilines is 1. The number of carbonyl (C=O) groups excluding carboxylic acids is 2. The van der Waals surface area contributed by atoms with E-state index in [1.54, 1.807) is 36.8 Å². The summed E-state index contributed by atoms with van der Waals surface area (Å²) in [6, 6.07) is 13.1. The lowest BCUT2D eigenvalue weighted by Gasteiger charge is -2.30. The number of carbonyl (C=O) groups is 2. The second kappa shape index (κ2) is 8.79. The summed E-state index contributed by atoms with van der Waals surface area (Å²) in [6.45, 7) is 3.97. The Morgan fingerprint density at radius 2 is 1.89 bits per heavy atom. The molecule has 0 saturated carbocycles. The average Bonchev–Trinajstić information content (AvgIpc) is 3.20. The molecule has 2 amide bonds. The number of rotatable bonds is 5. The van der Waals surface area contributed by atoms with Crippen LogP contribution in [0.1, 0.15) is 35.5 Å². The number of halogens is 1. The Labute approximate surface area is 201 Å². The van der Waals surface area contributed by atoms with Gasteiger partial charge in [-0.2, -0.15) is 0 Å². The van der Waals surface area contributed by atoms with Crippen LogP contribution in [0.4, 0.5) is 10.2 Å². The molecule has 1 aliphatic rings. The zero-order chi connectivity index (χ0) is 24.6. The summed E-state index contributed by atoms with van der Waals surface area (Å²) in [7, 11) is 0. The predicted molar refractivity (Wildman–Crippen MR) is 131 cm³/mol. The summed E-state index contributed by atoms with van der Waals surface area (Å²) in [5, 5.41) is 5.89. The van der Waals surface area contributed by atoms with Crippen molar-refractivity contribution in [1.29, 1.82) is 0 Å². The maximum Gasteiger partial charge on any atom is 0.254 e. The highest BCUT2D eigenvalue weighted by atomic mass is 19.1. The molecule has 0 fully saturated rings. The summed E-state index contributed by atoms with van der Waals surface area (Å²) in [4.78, 5) is 37.7. The van der Waals surface area contributed by atoms with Crippen LogP contribution in [0.5, 0.6) is 0 Å². The molecular weight excluding hydrogens is 445 g/mol. The van der Waals surface area contributed by atoms with Crippen LogP contribution in [0.3, 0.4) is 0 Å². The minimum atomic E-state index is -0.379. The van der Waals surface area contributed by atoms with E-state index in [0.717, 1.165) is 28.1 Å². The molecule has 35 heavy (non-hydrogen) atoms. The van der Waals surface area contributed by atoms with E-state index in [4.69, 9.17) is 0 Å². The van der Waals surface area contributed by atoms with Gasteiger partial charge in [0.2, 0.25) is 5.91 Å². The lowest BCUT2D eigenvalue weighted by atomic mass is 9.88. The third-order valence-corrected chi connectivity index (χ3v) is 5.92. The van der Waals surface area contributed by atoms with E-state index in [1.165, 1.54) is 12.1 Å². The van der Waals surface area contributed by atoms with Gasteiger partial charge in [0.25, 0.3) is 5.91 Å². The topological polar surface area (TPSA) is 99.8 Å². The quantitative estimate of drug-likeness (QED) is 0.400. The van der Waals surface area contributed by atoms with E-state index in [1.807, 2.05) is 32.0 Å². The van der Waals surface area contributed by atoms with Crippen molar-refractivity contribution in [3.05, 3.63) is 89.8 Å². The number of aromatic amines is 1. The summed E-state index contributed by atoms with van der Waals surface area (Å²) in [5.41, 5.74) is 4.88. The first-order valence-electron chi connectivity index (χ1n) is 11.3. The van der Waals surface area contributed by atoms with E-state index in [0.29, 0.717) is 23.4 Å². The fraction of sp³-hybridized carbons (Fsp3) is 0.185. The molecule has 0 radical (unpaired) electrons. The zero-order valence-corrected chi connectivity index (χ0v) is 19.4. The van der Waals surface area contributed by atoms with Gasteiger partial charge in [-0.3, -0.25) is 14.6 Å². The van der Waals surface area contributed by atoms with Gasteiger partial charge in [0.05, 0.1) is 17.7 Å². The molecule has 0 bridgehead atoms. The second-order valence-corrected chi connectivity index (χ2v) is 9.27. The van der Waals surface area contributed by atoms with Crippen LogP contribution in [0, 0.1) is 5.82 Å². The Hall–Kier alpha value is -4.33. The molecule has 4 heterocycles. The number of pyridine rings is 2. The van der Waals surface area contributed by atoms with Crippen LogP contribution in [0.15, 0.2) is 67.1 Å². The average molecular weight is 470 g/mol. The highest BCUT2D eigenvalue weighted by Gasteiger charge is 2.35. The number of hydrogen-bond donors (Lipinski definition) is 3. The molecule has 0 unspecified atom stereocenters. The summed E-state index contributed by atoms with van der Waals surface area (Å²) in [5.74, 6) is -0.372. The van der Waals surface area contributed by atoms with Crippen molar-refractivity contribution in [2.24, 2.45) is 0 Å². The Morgan fingerprint density at radius 3 is 2.63 bits per heavy atom. The first-order valence-corrected chi connectivity index (χ1v) is 11.3. The largest absolute Gasteiger partial charge is 0.357 e. The van der Waals surface area contributed by atoms with Crippen LogP contribution < -0.4 is 10.6 Å². The van der Waals surface area contributed by atoms with Crippen molar-refractivity contribution < 1.29 is 14.0 Å². The normalized spacial score (nSPS) is 14.2. The van der Waals surface area contributed by atoms with Crippen molar-refractivity contribution in [3.8, 4) is 22.4 Å². The number of aromatic nitrogens is 3. The van der Waals surface area contributed by atoms with Crippen LogP contribution in [0.25, 0.3) is 22.4 Å². The molecule has 7 nitrogen and oxygen atoms in total. The van der Waals surface area contributed by atoms with Gasteiger partial charge in [0, 0.05) is 52.9 Å². The van der Waals surface area contributed by atoms with Gasteiger partial charge in [-0.1, -0.05) is 18.2 Å². The number of H-pyrrole nitrogens is 1. The summed E-state index contributed by atoms with van der Waals surface area (Å²) in [6.07, 6.45) is 5.77. The van der Waals surface area contributed by atoms with Gasteiger partial charge in [-0.25, -0.2) is 9.37 Å². The number of benzene rings is 1. The molecule has 3 N–H and O–H groups in total. The highest BCUT2D eigenvalue weighted by Crippen LogP contribution is 2.39. The molecule has 0 atom stereocenters. The van der Waals surface area contributed by atoms with Gasteiger partial charge in [0.15, 0.2) is 0 Å². The van der Waals surface area contributed by atoms with E-state index in [-0.39, 0.29) is 29.6 Å². The monoisotopic (exact) mass is 469 g/mol. The molecule has 1 aliphatic heterocycles. The smallest absolute Gasteiger partial charge is 0.254 e. The minimum Gasteiger partial charge on any atom is -0.357 e. The molecule has 0 saturated heterocycles. The fourth-order valence-electron chi connectivity index (χ4n) is 4.44. The van der Waals surface area contributed by atoms with Crippen molar-refractivity contribution in [3.63, 3.8) is 0 Å². The maximum atomic E-state index is 13.1. The van der Waals surface area contributed by atoms with E-state index in [2.05, 4.69) is 25.6 Å². The molecule has 1 aromatic carbocycles. The van der Waals surface area contributed by atoms with Crippen LogP contribution in [0.2, 0.25) is 0 Å². The lowest BCUT2D eigenvalue weighted by molar-refractivity contribution is -0.115. The second-order valence-electron chi connectivity index (χ2n) is 9.27. The van der Waals surface area contributed by atoms with Crippen molar-refractivity contribution in [1.82, 2.24) is 20.3 Å². The molecule has 8 heteroatoms. The number of hydrogen-bond acceptors (Lipinski definition) is 4. The van der Waals surface area contributed by atoms with Gasteiger partial charge in [0.1, 0.15) is 11.6 Å². The Morgan fingerprint density at radius 1 is 1.09 bits per heavy atom. The zero-order valence-electron chi connectivity index (χ0n) is 19.4. The van der Waals surface area contributed by atoms with Crippen LogP contribution >= 0.6 is 0 Å². The highest BCUT2D eigenvalue weighted by molar-refractivity contribution is 6.07. The van der Waals surface area contributed by atoms with Gasteiger partial charge < -0.3 is 15.6 Å². The van der Waals surface area contributed by atoms with E-state index >= 15 is 0 Å². The van der Waals surface area contributed by atoms with Crippen molar-refractivity contribution in [2.75, 3.05) is 5.32 Å². The number of fused-ring (bicyclic) bond motifs is 1. The number of nitrogens with zero attached hydrogens (tertiary/aromatic N) is 2. The van der Waals surface area contributed by atoms with Crippen molar-refractivity contribution in [2.45, 2.75) is 32.2 Å². The Bertz CT molecular complexity index is 1410. The van der Waals surface area contributed by atoms with Gasteiger partial charge in [-0.05, 0) is 49.7 Å². The molecule has 0 aliphatic carbocycles. The fourth-order valence-corrected chi connectivity index (χ4v) is 4.44. The molecule has 0 spiro atoms. The third kappa shape index (κ3) is 4.68. The minimum absolute atomic E-state index is 0.0964. The maximum absolute atomic E-state index is 13.1. The van der Waals surface area contributed by atoms with Crippen LogP contribution in [-0.2, 0) is 17.6 Å². The summed E-state index contributed by atoms with van der Waals surface area (Å²) >= 11 is 0. The molecule has 3 aromatic heterocycles. The Kier molecular flexibility index (Phi) is 5.64. The third-order valence-electron chi connectivity index (χ3n) is 5.92. The molecular formula is C27H24FN5O2. The van der Waals surface area contributed by atoms with Gasteiger partial charge >= 0.3 is 0 Å². The molecule has 5 rings (SSSR count). The van der Waals surface area contributed by atoms with Crippen molar-refractivity contribution >= 4 is 17.6 Å². The molecule has 4 aromatic rings. The Balaban J connectivity index is 1.50. The first-order chi connectivity index (χ1) is 16.8. The first kappa shape index (κ1) is 22.5. The molecule has 176 valence electrons. The predicted octanol–water partition coefficient (Wildman–Crippen LogP) is 4.52. The van der Waals surface area contributed by atoms with Gasteiger partial charge in [-0.15, -0.1) is 0 Å². The van der Waals surface area contributed by atoms with Crippen LogP contribution in [-0.4, -0.2) is 32.3 Å². The summed E-state index contributed by atoms with van der Waals surface area (Å²) < 4.78 is 13.1. The van der Waals surface area contributed by atoms with E-state index < -0.39 is 0 Å². The van der Waals surface area contributed by atoms with E-state index in [9.17, 15) is 14.0 Å². The SMILES string of the molecule is CC1(C)Cc2[nH]c(-c3ccnc(NC(=O)Cc4ccc(F)cc4)c3)c(-c3cccnc3)c2C(=O)N1. The lowest BCUT2D eigenvalue weighted by Crippen LogP contribution is -2.49. The number of amides is 2. The standard InChI is InChI=1S/C27H24FN5O2/c1-27(2)14-20-24(26(35)33-27)23(18-4-3-10-29-15-18)25(31-20)17-9-11-30-21(13-17)32-22(34)12-16-5-7-19(28)8-6-16/h3-11,13,15,31H,12,14H2,1-2H3,(H,33,35)(H,30,32,34). The number of nitrogens with one attached hydrogen (secondary N) is 3.